The van der Waals surface area contributed by atoms with E-state index in [0.29, 0.717) is 4.88 Å². The van der Waals surface area contributed by atoms with E-state index in [0.717, 1.165) is 19.3 Å². The maximum absolute atomic E-state index is 12.2. The molecule has 116 valence electrons. The van der Waals surface area contributed by atoms with Crippen LogP contribution in [-0.4, -0.2) is 35.1 Å². The highest BCUT2D eigenvalue weighted by molar-refractivity contribution is 7.12. The van der Waals surface area contributed by atoms with E-state index in [4.69, 9.17) is 0 Å². The lowest BCUT2D eigenvalue weighted by Crippen LogP contribution is -2.54. The van der Waals surface area contributed by atoms with Gasteiger partial charge in [-0.25, -0.2) is 0 Å². The highest BCUT2D eigenvalue weighted by Gasteiger charge is 2.35. The number of carbonyl (C=O) groups is 2. The van der Waals surface area contributed by atoms with Crippen LogP contribution in [0.3, 0.4) is 0 Å². The molecule has 1 aliphatic carbocycles. The Labute approximate surface area is 128 Å². The Balaban J connectivity index is 1.91. The van der Waals surface area contributed by atoms with E-state index < -0.39 is 11.6 Å². The summed E-state index contributed by atoms with van der Waals surface area (Å²) in [5.41, 5.74) is -0.755. The molecule has 5 nitrogen and oxygen atoms in total. The third kappa shape index (κ3) is 4.04. The summed E-state index contributed by atoms with van der Waals surface area (Å²) in [4.78, 5) is 24.9. The van der Waals surface area contributed by atoms with E-state index in [1.165, 1.54) is 11.3 Å². The van der Waals surface area contributed by atoms with Gasteiger partial charge in [0.15, 0.2) is 0 Å². The summed E-state index contributed by atoms with van der Waals surface area (Å²) in [5.74, 6) is -0.499. The number of rotatable bonds is 6. The van der Waals surface area contributed by atoms with Crippen molar-refractivity contribution in [1.82, 2.24) is 10.6 Å². The zero-order chi connectivity index (χ0) is 15.5. The molecule has 6 heteroatoms. The predicted octanol–water partition coefficient (Wildman–Crippen LogP) is 1.53. The van der Waals surface area contributed by atoms with E-state index in [2.05, 4.69) is 10.6 Å². The maximum atomic E-state index is 12.2. The molecule has 1 unspecified atom stereocenters. The lowest BCUT2D eigenvalue weighted by Gasteiger charge is -2.37. The molecule has 1 fully saturated rings. The van der Waals surface area contributed by atoms with E-state index in [1.54, 1.807) is 12.1 Å². The Bertz CT molecular complexity index is 495. The van der Waals surface area contributed by atoms with Crippen molar-refractivity contribution >= 4 is 23.2 Å². The largest absolute Gasteiger partial charge is 0.388 e. The minimum atomic E-state index is -0.755. The lowest BCUT2D eigenvalue weighted by atomic mass is 9.80. The molecule has 1 aliphatic rings. The first-order valence-electron chi connectivity index (χ1n) is 7.26. The first kappa shape index (κ1) is 16.0. The third-order valence-electron chi connectivity index (χ3n) is 3.86. The van der Waals surface area contributed by atoms with Crippen LogP contribution in [0.1, 0.15) is 42.8 Å². The number of nitrogens with one attached hydrogen (secondary N) is 2. The third-order valence-corrected chi connectivity index (χ3v) is 4.73. The van der Waals surface area contributed by atoms with Crippen molar-refractivity contribution in [2.45, 2.75) is 44.8 Å². The van der Waals surface area contributed by atoms with Crippen molar-refractivity contribution in [1.29, 1.82) is 0 Å². The Kier molecular flexibility index (Phi) is 5.00. The molecular formula is C15H22N2O3S. The summed E-state index contributed by atoms with van der Waals surface area (Å²) >= 11 is 1.34. The van der Waals surface area contributed by atoms with Gasteiger partial charge in [0.05, 0.1) is 10.5 Å². The SMILES string of the molecule is CC(C)C(NC(=O)c1cccs1)C(=O)NCC1(O)CCC1. The van der Waals surface area contributed by atoms with Gasteiger partial charge in [-0.15, -0.1) is 11.3 Å². The van der Waals surface area contributed by atoms with Gasteiger partial charge in [-0.05, 0) is 36.6 Å². The van der Waals surface area contributed by atoms with Gasteiger partial charge in [0.25, 0.3) is 5.91 Å². The van der Waals surface area contributed by atoms with Crippen LogP contribution in [0.5, 0.6) is 0 Å². The lowest BCUT2D eigenvalue weighted by molar-refractivity contribution is -0.126. The van der Waals surface area contributed by atoms with Gasteiger partial charge in [0.2, 0.25) is 5.91 Å². The average Bonchev–Trinajstić information content (AvgIpc) is 2.93. The van der Waals surface area contributed by atoms with Gasteiger partial charge in [0.1, 0.15) is 6.04 Å². The van der Waals surface area contributed by atoms with Crippen LogP contribution in [0.15, 0.2) is 17.5 Å². The van der Waals surface area contributed by atoms with Crippen molar-refractivity contribution in [2.24, 2.45) is 5.92 Å². The van der Waals surface area contributed by atoms with Crippen LogP contribution in [-0.2, 0) is 4.79 Å². The molecule has 0 radical (unpaired) electrons. The van der Waals surface area contributed by atoms with Gasteiger partial charge in [-0.3, -0.25) is 9.59 Å². The van der Waals surface area contributed by atoms with Crippen LogP contribution >= 0.6 is 11.3 Å². The number of thiophene rings is 1. The molecule has 0 bridgehead atoms. The quantitative estimate of drug-likeness (QED) is 0.745. The van der Waals surface area contributed by atoms with Crippen molar-refractivity contribution in [3.8, 4) is 0 Å². The molecule has 1 heterocycles. The number of hydrogen-bond donors (Lipinski definition) is 3. The van der Waals surface area contributed by atoms with Gasteiger partial charge < -0.3 is 15.7 Å². The molecule has 21 heavy (non-hydrogen) atoms. The Morgan fingerprint density at radius 1 is 1.43 bits per heavy atom. The molecule has 1 aromatic rings. The summed E-state index contributed by atoms with van der Waals surface area (Å²) in [6.07, 6.45) is 2.44. The van der Waals surface area contributed by atoms with Crippen LogP contribution in [0.25, 0.3) is 0 Å². The normalized spacial score (nSPS) is 17.9. The molecule has 0 spiro atoms. The summed E-state index contributed by atoms with van der Waals surface area (Å²) in [7, 11) is 0. The topological polar surface area (TPSA) is 78.4 Å². The van der Waals surface area contributed by atoms with Gasteiger partial charge in [-0.1, -0.05) is 19.9 Å². The molecule has 0 saturated heterocycles. The van der Waals surface area contributed by atoms with Crippen molar-refractivity contribution in [3.05, 3.63) is 22.4 Å². The fourth-order valence-corrected chi connectivity index (χ4v) is 2.91. The van der Waals surface area contributed by atoms with Gasteiger partial charge in [-0.2, -0.15) is 0 Å². The zero-order valence-electron chi connectivity index (χ0n) is 12.4. The Morgan fingerprint density at radius 3 is 2.62 bits per heavy atom. The summed E-state index contributed by atoms with van der Waals surface area (Å²) < 4.78 is 0. The number of hydrogen-bond acceptors (Lipinski definition) is 4. The summed E-state index contributed by atoms with van der Waals surface area (Å²) in [6, 6.07) is 2.94. The van der Waals surface area contributed by atoms with Crippen LogP contribution < -0.4 is 10.6 Å². The van der Waals surface area contributed by atoms with Crippen LogP contribution in [0.2, 0.25) is 0 Å². The molecule has 0 aliphatic heterocycles. The molecular weight excluding hydrogens is 288 g/mol. The fraction of sp³-hybridized carbons (Fsp3) is 0.600. The number of carbonyl (C=O) groups excluding carboxylic acids is 2. The van der Waals surface area contributed by atoms with Gasteiger partial charge in [0, 0.05) is 6.54 Å². The average molecular weight is 310 g/mol. The first-order chi connectivity index (χ1) is 9.91. The molecule has 1 saturated carbocycles. The number of aliphatic hydroxyl groups is 1. The van der Waals surface area contributed by atoms with Crippen LogP contribution in [0.4, 0.5) is 0 Å². The fourth-order valence-electron chi connectivity index (χ4n) is 2.28. The van der Waals surface area contributed by atoms with E-state index in [9.17, 15) is 14.7 Å². The van der Waals surface area contributed by atoms with Crippen molar-refractivity contribution < 1.29 is 14.7 Å². The summed E-state index contributed by atoms with van der Waals surface area (Å²) in [6.45, 7) is 4.03. The molecule has 1 atom stereocenters. The molecule has 3 N–H and O–H groups in total. The minimum absolute atomic E-state index is 0.0232. The van der Waals surface area contributed by atoms with Gasteiger partial charge >= 0.3 is 0 Å². The van der Waals surface area contributed by atoms with Crippen molar-refractivity contribution in [3.63, 3.8) is 0 Å². The second-order valence-electron chi connectivity index (χ2n) is 5.97. The highest BCUT2D eigenvalue weighted by atomic mass is 32.1. The Hall–Kier alpha value is -1.40. The number of amides is 2. The first-order valence-corrected chi connectivity index (χ1v) is 8.14. The second-order valence-corrected chi connectivity index (χ2v) is 6.92. The van der Waals surface area contributed by atoms with E-state index in [1.807, 2.05) is 19.2 Å². The standard InChI is InChI=1S/C15H22N2O3S/c1-10(2)12(17-13(18)11-5-3-8-21-11)14(19)16-9-15(20)6-4-7-15/h3,5,8,10,12,20H,4,6-7,9H2,1-2H3,(H,16,19)(H,17,18). The predicted molar refractivity (Wildman–Crippen MR) is 82.2 cm³/mol. The maximum Gasteiger partial charge on any atom is 0.262 e. The van der Waals surface area contributed by atoms with Crippen LogP contribution in [0, 0.1) is 5.92 Å². The molecule has 2 rings (SSSR count). The monoisotopic (exact) mass is 310 g/mol. The second kappa shape index (κ2) is 6.58. The molecule has 1 aromatic heterocycles. The molecule has 0 aromatic carbocycles. The Morgan fingerprint density at radius 2 is 2.14 bits per heavy atom. The molecule has 2 amide bonds. The minimum Gasteiger partial charge on any atom is -0.388 e. The van der Waals surface area contributed by atoms with E-state index in [-0.39, 0.29) is 24.3 Å². The highest BCUT2D eigenvalue weighted by Crippen LogP contribution is 2.30. The van der Waals surface area contributed by atoms with Crippen molar-refractivity contribution in [2.75, 3.05) is 6.54 Å². The van der Waals surface area contributed by atoms with E-state index >= 15 is 0 Å². The smallest absolute Gasteiger partial charge is 0.262 e. The summed E-state index contributed by atoms with van der Waals surface area (Å²) in [5, 5.41) is 17.4. The zero-order valence-corrected chi connectivity index (χ0v) is 13.2.